The summed E-state index contributed by atoms with van der Waals surface area (Å²) in [5.41, 5.74) is 10.3. The number of nitrogens with two attached hydrogens (primary N) is 1. The van der Waals surface area contributed by atoms with Crippen molar-refractivity contribution in [3.8, 4) is 0 Å². The Kier molecular flexibility index (Phi) is 12.1. The summed E-state index contributed by atoms with van der Waals surface area (Å²) in [5, 5.41) is 9.78. The van der Waals surface area contributed by atoms with Gasteiger partial charge in [0.05, 0.1) is 18.0 Å². The van der Waals surface area contributed by atoms with Crippen LogP contribution < -0.4 is 21.8 Å². The first kappa shape index (κ1) is 20.8. The van der Waals surface area contributed by atoms with Crippen LogP contribution in [0.4, 0.5) is 0 Å². The lowest BCUT2D eigenvalue weighted by atomic mass is 10.2. The molecule has 0 saturated carbocycles. The second kappa shape index (κ2) is 13.4. The number of hydrogen-bond acceptors (Lipinski definition) is 8. The number of allylic oxidation sites excluding steroid dienone is 1. The minimum absolute atomic E-state index is 0.0833. The highest BCUT2D eigenvalue weighted by atomic mass is 16.5. The average Bonchev–Trinajstić information content (AvgIpc) is 2.57. The summed E-state index contributed by atoms with van der Waals surface area (Å²) in [7, 11) is 3.46. The highest BCUT2D eigenvalue weighted by molar-refractivity contribution is 6.23. The highest BCUT2D eigenvalue weighted by Crippen LogP contribution is 2.10. The van der Waals surface area contributed by atoms with Gasteiger partial charge in [-0.15, -0.1) is 5.10 Å². The molecule has 0 atom stereocenters. The third kappa shape index (κ3) is 8.72. The van der Waals surface area contributed by atoms with E-state index in [1.165, 1.54) is 0 Å². The molecular weight excluding hydrogens is 296 g/mol. The Labute approximate surface area is 138 Å². The molecule has 0 aromatic carbocycles. The van der Waals surface area contributed by atoms with Gasteiger partial charge >= 0.3 is 0 Å². The average molecular weight is 326 g/mol. The number of aldehydes is 1. The third-order valence-electron chi connectivity index (χ3n) is 2.94. The van der Waals surface area contributed by atoms with Gasteiger partial charge in [-0.3, -0.25) is 4.79 Å². The highest BCUT2D eigenvalue weighted by Gasteiger charge is 2.13. The van der Waals surface area contributed by atoms with Gasteiger partial charge in [-0.05, 0) is 13.8 Å². The first-order chi connectivity index (χ1) is 11.1. The molecule has 132 valence electrons. The molecule has 0 amide bonds. The van der Waals surface area contributed by atoms with E-state index in [2.05, 4.69) is 32.1 Å². The van der Waals surface area contributed by atoms with Gasteiger partial charge in [0.15, 0.2) is 0 Å². The normalized spacial score (nSPS) is 16.2. The molecule has 8 nitrogen and oxygen atoms in total. The van der Waals surface area contributed by atoms with Crippen molar-refractivity contribution in [2.75, 3.05) is 46.9 Å². The quantitative estimate of drug-likeness (QED) is 0.173. The van der Waals surface area contributed by atoms with Crippen LogP contribution in [0.25, 0.3) is 0 Å². The Morgan fingerprint density at radius 1 is 1.39 bits per heavy atom. The maximum Gasteiger partial charge on any atom is 0.271 e. The molecule has 1 saturated heterocycles. The van der Waals surface area contributed by atoms with Gasteiger partial charge in [0, 0.05) is 46.5 Å². The van der Waals surface area contributed by atoms with Gasteiger partial charge in [0.1, 0.15) is 0 Å². The minimum atomic E-state index is 0.0833. The zero-order chi connectivity index (χ0) is 17.5. The molecule has 8 heteroatoms. The minimum Gasteiger partial charge on any atom is -0.475 e. The van der Waals surface area contributed by atoms with E-state index in [-0.39, 0.29) is 5.90 Å². The van der Waals surface area contributed by atoms with Gasteiger partial charge in [-0.2, -0.15) is 0 Å². The zero-order valence-corrected chi connectivity index (χ0v) is 14.6. The summed E-state index contributed by atoms with van der Waals surface area (Å²) in [5.74, 6) is 0.0833. The number of carbonyl (C=O) groups is 1. The molecule has 23 heavy (non-hydrogen) atoms. The first-order valence-corrected chi connectivity index (χ1v) is 7.72. The van der Waals surface area contributed by atoms with Crippen molar-refractivity contribution in [1.29, 1.82) is 0 Å². The lowest BCUT2D eigenvalue weighted by molar-refractivity contribution is -0.103. The van der Waals surface area contributed by atoms with Gasteiger partial charge < -0.3 is 31.4 Å². The molecule has 1 aliphatic heterocycles. The largest absolute Gasteiger partial charge is 0.475 e. The van der Waals surface area contributed by atoms with E-state index in [0.29, 0.717) is 12.9 Å². The van der Waals surface area contributed by atoms with E-state index in [0.717, 1.165) is 37.6 Å². The molecule has 0 aromatic rings. The predicted octanol–water partition coefficient (Wildman–Crippen LogP) is -0.430. The summed E-state index contributed by atoms with van der Waals surface area (Å²) in [6, 6.07) is 0. The van der Waals surface area contributed by atoms with Crippen LogP contribution in [0, 0.1) is 0 Å². The van der Waals surface area contributed by atoms with Gasteiger partial charge in [-0.1, -0.05) is 6.08 Å². The second-order valence-electron chi connectivity index (χ2n) is 4.52. The predicted molar refractivity (Wildman–Crippen MR) is 93.7 cm³/mol. The SMILES string of the molecule is C/C=C(\C(N)=C/NC)N1CCNCC1.CCO/C(C=O)=N\NC. The van der Waals surface area contributed by atoms with Crippen molar-refractivity contribution in [3.63, 3.8) is 0 Å². The van der Waals surface area contributed by atoms with Crippen LogP contribution in [-0.4, -0.2) is 64.0 Å². The Bertz CT molecular complexity index is 414. The maximum atomic E-state index is 9.99. The zero-order valence-electron chi connectivity index (χ0n) is 14.6. The van der Waals surface area contributed by atoms with Gasteiger partial charge in [0.25, 0.3) is 5.90 Å². The molecule has 1 aliphatic rings. The Morgan fingerprint density at radius 2 is 2.04 bits per heavy atom. The fraction of sp³-hybridized carbons (Fsp3) is 0.600. The summed E-state index contributed by atoms with van der Waals surface area (Å²) < 4.78 is 4.75. The van der Waals surface area contributed by atoms with Crippen LogP contribution in [0.1, 0.15) is 13.8 Å². The van der Waals surface area contributed by atoms with E-state index < -0.39 is 0 Å². The maximum absolute atomic E-state index is 9.99. The monoisotopic (exact) mass is 326 g/mol. The van der Waals surface area contributed by atoms with Crippen LogP contribution in [0.2, 0.25) is 0 Å². The second-order valence-corrected chi connectivity index (χ2v) is 4.52. The van der Waals surface area contributed by atoms with Gasteiger partial charge in [0.2, 0.25) is 6.29 Å². The van der Waals surface area contributed by atoms with Gasteiger partial charge in [-0.25, -0.2) is 0 Å². The number of nitrogens with zero attached hydrogens (tertiary/aromatic N) is 2. The van der Waals surface area contributed by atoms with Crippen molar-refractivity contribution in [2.24, 2.45) is 10.8 Å². The van der Waals surface area contributed by atoms with E-state index in [4.69, 9.17) is 10.5 Å². The van der Waals surface area contributed by atoms with Crippen LogP contribution in [-0.2, 0) is 9.53 Å². The fourth-order valence-electron chi connectivity index (χ4n) is 2.02. The van der Waals surface area contributed by atoms with Crippen molar-refractivity contribution < 1.29 is 9.53 Å². The molecule has 0 radical (unpaired) electrons. The van der Waals surface area contributed by atoms with Crippen LogP contribution in [0.5, 0.6) is 0 Å². The number of rotatable bonds is 6. The van der Waals surface area contributed by atoms with Crippen molar-refractivity contribution in [1.82, 2.24) is 21.0 Å². The molecule has 1 fully saturated rings. The number of nitrogens with one attached hydrogen (secondary N) is 3. The number of carbonyl (C=O) groups excluding carboxylic acids is 1. The number of ether oxygens (including phenoxy) is 1. The molecule has 1 rings (SSSR count). The molecule has 0 aromatic heterocycles. The van der Waals surface area contributed by atoms with E-state index in [9.17, 15) is 4.79 Å². The summed E-state index contributed by atoms with van der Waals surface area (Å²) in [6.45, 7) is 8.38. The molecule has 0 unspecified atom stereocenters. The molecule has 5 N–H and O–H groups in total. The molecule has 0 bridgehead atoms. The molecule has 1 heterocycles. The smallest absolute Gasteiger partial charge is 0.271 e. The number of hydrogen-bond donors (Lipinski definition) is 4. The molecule has 0 aliphatic carbocycles. The van der Waals surface area contributed by atoms with E-state index >= 15 is 0 Å². The standard InChI is InChI=1S/C10H20N4.C5H10N2O2/c1-3-10(9(11)8-12-2)14-6-4-13-5-7-14;1-3-9-5(4-8)7-6-2/h3,8,12-13H,4-7,11H2,1-2H3;4,6H,3H2,1-2H3/b9-8+,10-3+;7-5-. The number of piperazine rings is 1. The summed E-state index contributed by atoms with van der Waals surface area (Å²) in [4.78, 5) is 12.3. The Balaban J connectivity index is 0.000000468. The van der Waals surface area contributed by atoms with Crippen molar-refractivity contribution in [2.45, 2.75) is 13.8 Å². The van der Waals surface area contributed by atoms with E-state index in [1.807, 2.05) is 20.2 Å². The summed E-state index contributed by atoms with van der Waals surface area (Å²) in [6.07, 6.45) is 4.45. The lowest BCUT2D eigenvalue weighted by Crippen LogP contribution is -2.43. The Hall–Kier alpha value is -2.22. The third-order valence-corrected chi connectivity index (χ3v) is 2.94. The number of hydrazone groups is 1. The van der Waals surface area contributed by atoms with Crippen molar-refractivity contribution in [3.05, 3.63) is 23.7 Å². The van der Waals surface area contributed by atoms with Crippen molar-refractivity contribution >= 4 is 12.2 Å². The summed E-state index contributed by atoms with van der Waals surface area (Å²) >= 11 is 0. The lowest BCUT2D eigenvalue weighted by Gasteiger charge is -2.31. The molecule has 0 spiro atoms. The topological polar surface area (TPSA) is 104 Å². The first-order valence-electron chi connectivity index (χ1n) is 7.72. The van der Waals surface area contributed by atoms with Crippen LogP contribution in [0.3, 0.4) is 0 Å². The van der Waals surface area contributed by atoms with E-state index in [1.54, 1.807) is 14.0 Å². The Morgan fingerprint density at radius 3 is 2.48 bits per heavy atom. The van der Waals surface area contributed by atoms with Crippen LogP contribution in [0.15, 0.2) is 28.8 Å². The van der Waals surface area contributed by atoms with Crippen LogP contribution >= 0.6 is 0 Å². The molecular formula is C15H30N6O2. The fourth-order valence-corrected chi connectivity index (χ4v) is 2.02.